The highest BCUT2D eigenvalue weighted by Crippen LogP contribution is 2.16. The average molecular weight is 303 g/mol. The van der Waals surface area contributed by atoms with E-state index in [-0.39, 0.29) is 10.8 Å². The fraction of sp³-hybridized carbons (Fsp3) is 0.188. The molecule has 0 heterocycles. The molecule has 4 nitrogen and oxygen atoms in total. The molecule has 0 aliphatic carbocycles. The molecule has 1 N–H and O–H groups in total. The first-order valence-electron chi connectivity index (χ1n) is 6.46. The van der Waals surface area contributed by atoms with E-state index < -0.39 is 9.84 Å². The summed E-state index contributed by atoms with van der Waals surface area (Å²) in [6.07, 6.45) is 1.15. The monoisotopic (exact) mass is 303 g/mol. The molecule has 0 saturated heterocycles. The SMILES string of the molecule is Cc1ccc(C)c(C(=O)Nc2ccc(S(C)(=O)=O)cc2)c1. The minimum Gasteiger partial charge on any atom is -0.322 e. The third-order valence-corrected chi connectivity index (χ3v) is 4.31. The van der Waals surface area contributed by atoms with E-state index in [0.29, 0.717) is 11.3 Å². The minimum absolute atomic E-state index is 0.205. The molecule has 2 aromatic carbocycles. The highest BCUT2D eigenvalue weighted by atomic mass is 32.2. The van der Waals surface area contributed by atoms with Gasteiger partial charge < -0.3 is 5.32 Å². The molecular formula is C16H17NO3S. The topological polar surface area (TPSA) is 63.2 Å². The van der Waals surface area contributed by atoms with Crippen molar-refractivity contribution in [3.05, 3.63) is 59.2 Å². The zero-order chi connectivity index (χ0) is 15.6. The number of hydrogen-bond donors (Lipinski definition) is 1. The van der Waals surface area contributed by atoms with E-state index in [4.69, 9.17) is 0 Å². The summed E-state index contributed by atoms with van der Waals surface area (Å²) in [6, 6.07) is 11.8. The second-order valence-electron chi connectivity index (χ2n) is 5.07. The second kappa shape index (κ2) is 5.69. The van der Waals surface area contributed by atoms with Crippen molar-refractivity contribution in [1.29, 1.82) is 0 Å². The van der Waals surface area contributed by atoms with Crippen LogP contribution in [0.5, 0.6) is 0 Å². The van der Waals surface area contributed by atoms with Gasteiger partial charge in [-0.2, -0.15) is 0 Å². The van der Waals surface area contributed by atoms with Gasteiger partial charge in [-0.1, -0.05) is 17.7 Å². The molecule has 21 heavy (non-hydrogen) atoms. The molecule has 0 bridgehead atoms. The maximum Gasteiger partial charge on any atom is 0.255 e. The summed E-state index contributed by atoms with van der Waals surface area (Å²) in [5.41, 5.74) is 3.08. The van der Waals surface area contributed by atoms with E-state index in [1.807, 2.05) is 32.0 Å². The smallest absolute Gasteiger partial charge is 0.255 e. The predicted molar refractivity (Wildman–Crippen MR) is 83.4 cm³/mol. The predicted octanol–water partition coefficient (Wildman–Crippen LogP) is 2.96. The number of rotatable bonds is 3. The first-order chi connectivity index (χ1) is 9.77. The lowest BCUT2D eigenvalue weighted by Gasteiger charge is -2.09. The van der Waals surface area contributed by atoms with E-state index in [2.05, 4.69) is 5.32 Å². The normalized spacial score (nSPS) is 11.2. The van der Waals surface area contributed by atoms with Crippen LogP contribution in [0.4, 0.5) is 5.69 Å². The molecule has 5 heteroatoms. The summed E-state index contributed by atoms with van der Waals surface area (Å²) < 4.78 is 22.8. The van der Waals surface area contributed by atoms with Gasteiger partial charge in [-0.25, -0.2) is 8.42 Å². The zero-order valence-electron chi connectivity index (χ0n) is 12.2. The van der Waals surface area contributed by atoms with Crippen molar-refractivity contribution in [2.24, 2.45) is 0 Å². The van der Waals surface area contributed by atoms with Gasteiger partial charge in [0, 0.05) is 17.5 Å². The number of carbonyl (C=O) groups excluding carboxylic acids is 1. The number of hydrogen-bond acceptors (Lipinski definition) is 3. The Balaban J connectivity index is 2.22. The van der Waals surface area contributed by atoms with Gasteiger partial charge in [0.05, 0.1) is 4.90 Å². The van der Waals surface area contributed by atoms with Crippen LogP contribution in [0, 0.1) is 13.8 Å². The van der Waals surface area contributed by atoms with Gasteiger partial charge in [0.15, 0.2) is 9.84 Å². The van der Waals surface area contributed by atoms with Crippen LogP contribution in [0.15, 0.2) is 47.4 Å². The summed E-state index contributed by atoms with van der Waals surface area (Å²) >= 11 is 0. The Labute approximate surface area is 124 Å². The van der Waals surface area contributed by atoms with Crippen LogP contribution < -0.4 is 5.32 Å². The molecular weight excluding hydrogens is 286 g/mol. The molecule has 0 spiro atoms. The van der Waals surface area contributed by atoms with E-state index in [1.165, 1.54) is 12.1 Å². The lowest BCUT2D eigenvalue weighted by molar-refractivity contribution is 0.102. The molecule has 1 amide bonds. The summed E-state index contributed by atoms with van der Waals surface area (Å²) in [7, 11) is -3.23. The highest BCUT2D eigenvalue weighted by molar-refractivity contribution is 7.90. The number of aryl methyl sites for hydroxylation is 2. The number of nitrogens with one attached hydrogen (secondary N) is 1. The summed E-state index contributed by atoms with van der Waals surface area (Å²) in [5.74, 6) is -0.205. The highest BCUT2D eigenvalue weighted by Gasteiger charge is 2.11. The van der Waals surface area contributed by atoms with Gasteiger partial charge in [-0.15, -0.1) is 0 Å². The Hall–Kier alpha value is -2.14. The number of carbonyl (C=O) groups is 1. The number of amides is 1. The van der Waals surface area contributed by atoms with Crippen molar-refractivity contribution in [3.8, 4) is 0 Å². The van der Waals surface area contributed by atoms with Crippen LogP contribution in [0.3, 0.4) is 0 Å². The van der Waals surface area contributed by atoms with Crippen LogP contribution in [0.25, 0.3) is 0 Å². The largest absolute Gasteiger partial charge is 0.322 e. The van der Waals surface area contributed by atoms with E-state index in [0.717, 1.165) is 17.4 Å². The Bertz CT molecular complexity index is 778. The van der Waals surface area contributed by atoms with Crippen LogP contribution in [-0.4, -0.2) is 20.6 Å². The molecule has 0 fully saturated rings. The molecule has 2 rings (SSSR count). The first-order valence-corrected chi connectivity index (χ1v) is 8.35. The second-order valence-corrected chi connectivity index (χ2v) is 7.08. The Morgan fingerprint density at radius 3 is 2.19 bits per heavy atom. The van der Waals surface area contributed by atoms with E-state index in [9.17, 15) is 13.2 Å². The maximum absolute atomic E-state index is 12.2. The van der Waals surface area contributed by atoms with Gasteiger partial charge in [0.25, 0.3) is 5.91 Å². The molecule has 0 aliphatic rings. The standard InChI is InChI=1S/C16H17NO3S/c1-11-4-5-12(2)15(10-11)16(18)17-13-6-8-14(9-7-13)21(3,19)20/h4-10H,1-3H3,(H,17,18). The molecule has 110 valence electrons. The zero-order valence-corrected chi connectivity index (χ0v) is 13.0. The van der Waals surface area contributed by atoms with Crippen LogP contribution in [0.2, 0.25) is 0 Å². The lowest BCUT2D eigenvalue weighted by atomic mass is 10.1. The third-order valence-electron chi connectivity index (χ3n) is 3.18. The number of sulfone groups is 1. The summed E-state index contributed by atoms with van der Waals surface area (Å²) in [6.45, 7) is 3.80. The van der Waals surface area contributed by atoms with Gasteiger partial charge in [-0.05, 0) is 49.7 Å². The Morgan fingerprint density at radius 1 is 1.00 bits per heavy atom. The summed E-state index contributed by atoms with van der Waals surface area (Å²) in [5, 5.41) is 2.77. The maximum atomic E-state index is 12.2. The summed E-state index contributed by atoms with van der Waals surface area (Å²) in [4.78, 5) is 12.5. The lowest BCUT2D eigenvalue weighted by Crippen LogP contribution is -2.13. The Kier molecular flexibility index (Phi) is 4.14. The van der Waals surface area contributed by atoms with Crippen LogP contribution in [-0.2, 0) is 9.84 Å². The molecule has 0 aliphatic heterocycles. The molecule has 0 aromatic heterocycles. The van der Waals surface area contributed by atoms with Crippen molar-refractivity contribution in [1.82, 2.24) is 0 Å². The van der Waals surface area contributed by atoms with Gasteiger partial charge in [0.1, 0.15) is 0 Å². The van der Waals surface area contributed by atoms with Crippen LogP contribution >= 0.6 is 0 Å². The molecule has 0 saturated carbocycles. The van der Waals surface area contributed by atoms with Gasteiger partial charge >= 0.3 is 0 Å². The Morgan fingerprint density at radius 2 is 1.62 bits per heavy atom. The number of anilines is 1. The van der Waals surface area contributed by atoms with E-state index >= 15 is 0 Å². The van der Waals surface area contributed by atoms with Crippen molar-refractivity contribution in [2.75, 3.05) is 11.6 Å². The fourth-order valence-electron chi connectivity index (χ4n) is 1.96. The molecule has 0 radical (unpaired) electrons. The quantitative estimate of drug-likeness (QED) is 0.948. The molecule has 0 unspecified atom stereocenters. The van der Waals surface area contributed by atoms with Crippen LogP contribution in [0.1, 0.15) is 21.5 Å². The van der Waals surface area contributed by atoms with Crippen molar-refractivity contribution >= 4 is 21.4 Å². The van der Waals surface area contributed by atoms with Crippen molar-refractivity contribution in [2.45, 2.75) is 18.7 Å². The van der Waals surface area contributed by atoms with E-state index in [1.54, 1.807) is 12.1 Å². The molecule has 0 atom stereocenters. The molecule has 2 aromatic rings. The third kappa shape index (κ3) is 3.70. The average Bonchev–Trinajstić information content (AvgIpc) is 2.41. The van der Waals surface area contributed by atoms with Gasteiger partial charge in [-0.3, -0.25) is 4.79 Å². The van der Waals surface area contributed by atoms with Crippen molar-refractivity contribution in [3.63, 3.8) is 0 Å². The first kappa shape index (κ1) is 15.3. The fourth-order valence-corrected chi connectivity index (χ4v) is 2.59. The van der Waals surface area contributed by atoms with Crippen molar-refractivity contribution < 1.29 is 13.2 Å². The number of benzene rings is 2. The minimum atomic E-state index is -3.23. The van der Waals surface area contributed by atoms with Gasteiger partial charge in [0.2, 0.25) is 0 Å².